The number of hydrogen-bond acceptors (Lipinski definition) is 9. The Hall–Kier alpha value is -1.34. The average molecular weight is 671 g/mol. The summed E-state index contributed by atoms with van der Waals surface area (Å²) >= 11 is 1.54. The summed E-state index contributed by atoms with van der Waals surface area (Å²) in [6.07, 6.45) is 5.08. The van der Waals surface area contributed by atoms with Gasteiger partial charge in [-0.15, -0.1) is 0 Å². The number of aliphatic hydroxyl groups excluding tert-OH is 1. The number of fused-ring (bicyclic) bond motifs is 4. The predicted octanol–water partition coefficient (Wildman–Crippen LogP) is 3.55. The maximum absolute atomic E-state index is 13.5. The Kier molecular flexibility index (Phi) is 6.36. The lowest BCUT2D eigenvalue weighted by Gasteiger charge is -2.64. The van der Waals surface area contributed by atoms with Gasteiger partial charge in [-0.05, 0) is 77.2 Å². The van der Waals surface area contributed by atoms with Crippen molar-refractivity contribution in [3.8, 4) is 0 Å². The first-order chi connectivity index (χ1) is 18.7. The third kappa shape index (κ3) is 3.20. The standard InChI is InChI=1S/C30H39IO9/c1-16-12-21(39-23(34)17(16)2)25(3,14-32)30(37)11-10-28(36)19-13-22-29(40-22)8-5-6-20(33)26(29,4)18(19)7-9-27(28,30)15-38-24(31)35/h5-6,18-19,21-22,32,36-37H,7-15H2,1-4H3/t18-,19+,21?,22+,25?,26-,27+,28+,29+,30+/m0/s1. The molecule has 3 N–H and O–H groups in total. The highest BCUT2D eigenvalue weighted by Gasteiger charge is 2.83. The van der Waals surface area contributed by atoms with Crippen LogP contribution in [-0.2, 0) is 23.8 Å². The van der Waals surface area contributed by atoms with Gasteiger partial charge in [-0.1, -0.05) is 18.6 Å². The normalized spacial score (nSPS) is 48.8. The SMILES string of the molecule is CC1=C(C)C(=O)OC(C(C)(CO)[C@]2(O)CC[C@@]3(O)[C@@H]4C[C@H]5O[C@]56CC=CC(=O)[C@]6(C)[C@H]4CC[C@@]32COC(=O)I)C1. The van der Waals surface area contributed by atoms with Gasteiger partial charge in [-0.25, -0.2) is 9.59 Å². The zero-order chi connectivity index (χ0) is 29.1. The minimum atomic E-state index is -1.76. The van der Waals surface area contributed by atoms with E-state index in [1.54, 1.807) is 42.5 Å². The summed E-state index contributed by atoms with van der Waals surface area (Å²) in [6, 6.07) is 0. The summed E-state index contributed by atoms with van der Waals surface area (Å²) in [5, 5.41) is 36.8. The van der Waals surface area contributed by atoms with E-state index in [4.69, 9.17) is 14.2 Å². The Morgan fingerprint density at radius 2 is 1.93 bits per heavy atom. The van der Waals surface area contributed by atoms with Crippen molar-refractivity contribution in [3.05, 3.63) is 23.3 Å². The molecular weight excluding hydrogens is 631 g/mol. The Balaban J connectivity index is 1.46. The summed E-state index contributed by atoms with van der Waals surface area (Å²) in [4.78, 5) is 38.4. The fourth-order valence-corrected chi connectivity index (χ4v) is 10.1. The first kappa shape index (κ1) is 28.8. The van der Waals surface area contributed by atoms with Crippen LogP contribution < -0.4 is 0 Å². The fraction of sp³-hybridized carbons (Fsp3) is 0.767. The Morgan fingerprint density at radius 1 is 1.20 bits per heavy atom. The van der Waals surface area contributed by atoms with Crippen molar-refractivity contribution >= 4 is 38.3 Å². The van der Waals surface area contributed by atoms with Gasteiger partial charge in [-0.3, -0.25) is 4.79 Å². The van der Waals surface area contributed by atoms with Crippen LogP contribution in [0.4, 0.5) is 4.79 Å². The molecule has 2 unspecified atom stereocenters. The molecule has 0 amide bonds. The molecule has 2 aliphatic heterocycles. The van der Waals surface area contributed by atoms with Crippen LogP contribution >= 0.6 is 22.6 Å². The van der Waals surface area contributed by atoms with Crippen LogP contribution in [0.25, 0.3) is 0 Å². The average Bonchev–Trinajstić information content (AvgIpc) is 3.57. The van der Waals surface area contributed by atoms with Crippen molar-refractivity contribution in [2.24, 2.45) is 28.1 Å². The molecule has 10 atom stereocenters. The zero-order valence-corrected chi connectivity index (χ0v) is 25.7. The molecule has 10 heteroatoms. The molecule has 9 nitrogen and oxygen atoms in total. The first-order valence-corrected chi connectivity index (χ1v) is 15.4. The molecule has 0 bridgehead atoms. The second-order valence-electron chi connectivity index (χ2n) is 13.6. The predicted molar refractivity (Wildman–Crippen MR) is 150 cm³/mol. The van der Waals surface area contributed by atoms with Gasteiger partial charge in [0.15, 0.2) is 5.78 Å². The number of epoxide rings is 1. The van der Waals surface area contributed by atoms with Gasteiger partial charge < -0.3 is 29.5 Å². The second-order valence-corrected chi connectivity index (χ2v) is 14.5. The van der Waals surface area contributed by atoms with Gasteiger partial charge in [0, 0.05) is 12.0 Å². The van der Waals surface area contributed by atoms with Gasteiger partial charge in [0.1, 0.15) is 18.3 Å². The lowest BCUT2D eigenvalue weighted by Crippen LogP contribution is -2.73. The monoisotopic (exact) mass is 670 g/mol. The van der Waals surface area contributed by atoms with E-state index in [1.807, 2.05) is 19.9 Å². The Labute approximate surface area is 247 Å². The van der Waals surface area contributed by atoms with Gasteiger partial charge in [-0.2, -0.15) is 0 Å². The molecule has 220 valence electrons. The maximum atomic E-state index is 13.5. The van der Waals surface area contributed by atoms with E-state index in [-0.39, 0.29) is 43.7 Å². The molecule has 1 saturated heterocycles. The highest BCUT2D eigenvalue weighted by atomic mass is 127. The number of hydrogen-bond donors (Lipinski definition) is 3. The second kappa shape index (κ2) is 8.84. The molecule has 6 rings (SSSR count). The van der Waals surface area contributed by atoms with Gasteiger partial charge >= 0.3 is 9.95 Å². The van der Waals surface area contributed by atoms with Crippen LogP contribution in [0.1, 0.15) is 72.6 Å². The van der Waals surface area contributed by atoms with Crippen molar-refractivity contribution in [3.63, 3.8) is 0 Å². The molecule has 0 aromatic carbocycles. The molecule has 3 saturated carbocycles. The molecule has 0 aromatic heterocycles. The van der Waals surface area contributed by atoms with Crippen molar-refractivity contribution < 1.29 is 43.9 Å². The molecule has 0 aromatic rings. The van der Waals surface area contributed by atoms with E-state index in [2.05, 4.69) is 0 Å². The quantitative estimate of drug-likeness (QED) is 0.173. The van der Waals surface area contributed by atoms with E-state index < -0.39 is 61.6 Å². The number of aliphatic hydroxyl groups is 3. The van der Waals surface area contributed by atoms with Gasteiger partial charge in [0.25, 0.3) is 0 Å². The smallest absolute Gasteiger partial charge is 0.367 e. The van der Waals surface area contributed by atoms with Crippen LogP contribution in [0.5, 0.6) is 0 Å². The van der Waals surface area contributed by atoms with Crippen LogP contribution in [0.3, 0.4) is 0 Å². The van der Waals surface area contributed by atoms with Crippen LogP contribution in [0.2, 0.25) is 0 Å². The van der Waals surface area contributed by atoms with Crippen molar-refractivity contribution in [1.29, 1.82) is 0 Å². The summed E-state index contributed by atoms with van der Waals surface area (Å²) < 4.78 is 17.2. The van der Waals surface area contributed by atoms with Crippen LogP contribution in [-0.4, -0.2) is 73.3 Å². The largest absolute Gasteiger partial charge is 0.458 e. The summed E-state index contributed by atoms with van der Waals surface area (Å²) in [5.41, 5.74) is -6.05. The number of carbonyl (C=O) groups is 3. The molecular formula is C30H39IO9. The number of ketones is 1. The fourth-order valence-electron chi connectivity index (χ4n) is 9.96. The van der Waals surface area contributed by atoms with Crippen LogP contribution in [0, 0.1) is 28.1 Å². The van der Waals surface area contributed by atoms with Crippen molar-refractivity contribution in [2.45, 2.75) is 102 Å². The minimum Gasteiger partial charge on any atom is -0.458 e. The lowest BCUT2D eigenvalue weighted by atomic mass is 9.41. The molecule has 6 aliphatic rings. The molecule has 1 spiro atoms. The van der Waals surface area contributed by atoms with Crippen molar-refractivity contribution in [1.82, 2.24) is 0 Å². The summed E-state index contributed by atoms with van der Waals surface area (Å²) in [6.45, 7) is 6.45. The van der Waals surface area contributed by atoms with E-state index in [9.17, 15) is 29.7 Å². The topological polar surface area (TPSA) is 143 Å². The molecule has 0 radical (unpaired) electrons. The van der Waals surface area contributed by atoms with Gasteiger partial charge in [0.05, 0.1) is 62.7 Å². The third-order valence-corrected chi connectivity index (χ3v) is 13.0. The van der Waals surface area contributed by atoms with Crippen molar-refractivity contribution in [2.75, 3.05) is 13.2 Å². The Morgan fingerprint density at radius 3 is 2.58 bits per heavy atom. The highest BCUT2D eigenvalue weighted by Crippen LogP contribution is 2.76. The lowest BCUT2D eigenvalue weighted by molar-refractivity contribution is -0.283. The summed E-state index contributed by atoms with van der Waals surface area (Å²) in [7, 11) is 0. The van der Waals surface area contributed by atoms with E-state index in [0.29, 0.717) is 31.3 Å². The molecule has 4 aliphatic carbocycles. The van der Waals surface area contributed by atoms with E-state index in [1.165, 1.54) is 0 Å². The molecule has 40 heavy (non-hydrogen) atoms. The van der Waals surface area contributed by atoms with E-state index >= 15 is 0 Å². The number of allylic oxidation sites excluding steroid dienone is 1. The molecule has 2 heterocycles. The highest BCUT2D eigenvalue weighted by molar-refractivity contribution is 14.1. The summed E-state index contributed by atoms with van der Waals surface area (Å²) in [5.74, 6) is -1.08. The third-order valence-electron chi connectivity index (χ3n) is 12.7. The zero-order valence-electron chi connectivity index (χ0n) is 23.5. The maximum Gasteiger partial charge on any atom is 0.367 e. The Bertz CT molecular complexity index is 1250. The number of carbonyl (C=O) groups excluding carboxylic acids is 3. The van der Waals surface area contributed by atoms with Gasteiger partial charge in [0.2, 0.25) is 0 Å². The van der Waals surface area contributed by atoms with Crippen LogP contribution in [0.15, 0.2) is 23.3 Å². The number of halogens is 1. The molecule has 4 fully saturated rings. The number of esters is 1. The number of rotatable bonds is 5. The van der Waals surface area contributed by atoms with E-state index in [0.717, 1.165) is 5.57 Å². The minimum absolute atomic E-state index is 0.00551. The first-order valence-electron chi connectivity index (χ1n) is 14.3. The number of ether oxygens (including phenoxy) is 3. The number of cyclic esters (lactones) is 1.